The molecule has 0 amide bonds. The molecule has 0 nitrogen and oxygen atoms in total. The topological polar surface area (TPSA) is 0 Å². The van der Waals surface area contributed by atoms with E-state index in [9.17, 15) is 0 Å². The van der Waals surface area contributed by atoms with Gasteiger partial charge in [-0.1, -0.05) is 26.3 Å². The minimum absolute atomic E-state index is 0.258. The van der Waals surface area contributed by atoms with Crippen molar-refractivity contribution in [2.24, 2.45) is 0 Å². The minimum atomic E-state index is 0.258. The Morgan fingerprint density at radius 3 is 1.77 bits per heavy atom. The van der Waals surface area contributed by atoms with Crippen molar-refractivity contribution in [3.8, 4) is 0 Å². The van der Waals surface area contributed by atoms with Crippen LogP contribution in [0.1, 0.15) is 31.9 Å². The van der Waals surface area contributed by atoms with E-state index in [0.29, 0.717) is 0 Å². The summed E-state index contributed by atoms with van der Waals surface area (Å²) in [4.78, 5) is 0. The third kappa shape index (κ3) is 4.83. The Hall–Kier alpha value is 0.193. The van der Waals surface area contributed by atoms with Crippen LogP contribution >= 0.6 is 13.6 Å². The van der Waals surface area contributed by atoms with Gasteiger partial charge in [-0.3, -0.25) is 0 Å². The number of rotatable bonds is 0. The Morgan fingerprint density at radius 1 is 1.08 bits per heavy atom. The molecule has 0 heterocycles. The summed E-state index contributed by atoms with van der Waals surface area (Å²) >= 11 is 4.25. The molecule has 1 aromatic carbocycles. The van der Waals surface area contributed by atoms with E-state index in [1.807, 2.05) is 0 Å². The molecule has 0 unspecified atom stereocenters. The van der Waals surface area contributed by atoms with E-state index in [-0.39, 0.29) is 5.41 Å². The van der Waals surface area contributed by atoms with Crippen molar-refractivity contribution in [3.63, 3.8) is 0 Å². The molecule has 0 aliphatic rings. The van der Waals surface area contributed by atoms with Crippen LogP contribution in [0, 0.1) is 6.92 Å². The number of halogens is 1. The van der Waals surface area contributed by atoms with E-state index in [0.717, 1.165) is 5.56 Å². The van der Waals surface area contributed by atoms with Gasteiger partial charge in [0.2, 0.25) is 0 Å². The molecule has 68 valence electrons. The fraction of sp³-hybridized carbons (Fsp3) is 0.364. The first-order valence-corrected chi connectivity index (χ1v) is 11.1. The zero-order chi connectivity index (χ0) is 10.5. The number of hydrogen-bond acceptors (Lipinski definition) is 0. The van der Waals surface area contributed by atoms with Crippen LogP contribution in [0.2, 0.25) is 0 Å². The molecule has 0 saturated carbocycles. The van der Waals surface area contributed by atoms with Gasteiger partial charge in [-0.25, -0.2) is 0 Å². The van der Waals surface area contributed by atoms with Crippen molar-refractivity contribution in [3.05, 3.63) is 42.3 Å². The van der Waals surface area contributed by atoms with Gasteiger partial charge >= 0.3 is 30.0 Å². The Labute approximate surface area is 98.2 Å². The van der Waals surface area contributed by atoms with Crippen molar-refractivity contribution in [2.75, 3.05) is 0 Å². The fourth-order valence-corrected chi connectivity index (χ4v) is 1.00. The van der Waals surface area contributed by atoms with Crippen LogP contribution in [0.5, 0.6) is 0 Å². The molecule has 0 spiro atoms. The van der Waals surface area contributed by atoms with Gasteiger partial charge in [-0.15, -0.1) is 12.1 Å². The van der Waals surface area contributed by atoms with E-state index in [1.165, 1.54) is 21.9 Å². The standard InChI is InChI=1S/C11H15.BrH.Zn/c1-9-5-7-10(8-6-9)11(2,3)4;;/h5-8H,1H2,2-4H3;1H;/q-1;;+2/p-1. The van der Waals surface area contributed by atoms with Crippen molar-refractivity contribution in [2.45, 2.75) is 26.2 Å². The molecule has 0 saturated heterocycles. The Morgan fingerprint density at radius 2 is 1.46 bits per heavy atom. The number of benzene rings is 1. The SMILES string of the molecule is [CH2-]c1ccc(C(C)(C)C)cc1.[Zn+][Br]. The first-order chi connectivity index (χ1) is 6.00. The van der Waals surface area contributed by atoms with Crippen molar-refractivity contribution >= 4 is 13.6 Å². The molecule has 0 N–H and O–H groups in total. The van der Waals surface area contributed by atoms with Gasteiger partial charge in [0, 0.05) is 0 Å². The molecule has 13 heavy (non-hydrogen) atoms. The first kappa shape index (κ1) is 13.2. The zero-order valence-electron chi connectivity index (χ0n) is 8.60. The summed E-state index contributed by atoms with van der Waals surface area (Å²) < 4.78 is 0. The second-order valence-electron chi connectivity index (χ2n) is 3.95. The van der Waals surface area contributed by atoms with Gasteiger partial charge in [-0.2, -0.15) is 24.6 Å². The summed E-state index contributed by atoms with van der Waals surface area (Å²) in [6.07, 6.45) is 0. The summed E-state index contributed by atoms with van der Waals surface area (Å²) in [7, 11) is 0. The predicted octanol–water partition coefficient (Wildman–Crippen LogP) is 4.01. The summed E-state index contributed by atoms with van der Waals surface area (Å²) in [5.41, 5.74) is 2.70. The maximum atomic E-state index is 3.84. The summed E-state index contributed by atoms with van der Waals surface area (Å²) in [6.45, 7) is 10.5. The molecular weight excluding hydrogens is 277 g/mol. The predicted molar refractivity (Wildman–Crippen MR) is 58.5 cm³/mol. The van der Waals surface area contributed by atoms with E-state index < -0.39 is 0 Å². The first-order valence-electron chi connectivity index (χ1n) is 4.19. The average molecular weight is 293 g/mol. The molecule has 1 aromatic rings. The molecule has 1 rings (SSSR count). The monoisotopic (exact) mass is 290 g/mol. The van der Waals surface area contributed by atoms with Gasteiger partial charge in [0.15, 0.2) is 0 Å². The number of hydrogen-bond donors (Lipinski definition) is 0. The van der Waals surface area contributed by atoms with Gasteiger partial charge in [0.1, 0.15) is 0 Å². The van der Waals surface area contributed by atoms with Crippen LogP contribution in [0.25, 0.3) is 0 Å². The molecule has 2 heteroatoms. The van der Waals surface area contributed by atoms with Crippen LogP contribution in [-0.2, 0) is 21.8 Å². The molecule has 0 aliphatic heterocycles. The van der Waals surface area contributed by atoms with Gasteiger partial charge in [-0.05, 0) is 5.41 Å². The summed E-state index contributed by atoms with van der Waals surface area (Å²) in [6, 6.07) is 8.39. The molecule has 0 aliphatic carbocycles. The Bertz CT molecular complexity index is 233. The van der Waals surface area contributed by atoms with E-state index in [4.69, 9.17) is 0 Å². The zero-order valence-corrected chi connectivity index (χ0v) is 13.2. The summed E-state index contributed by atoms with van der Waals surface area (Å²) in [5.74, 6) is 0. The molecule has 0 bridgehead atoms. The van der Waals surface area contributed by atoms with Crippen molar-refractivity contribution in [1.29, 1.82) is 0 Å². The fourth-order valence-electron chi connectivity index (χ4n) is 1.00. The second-order valence-corrected chi connectivity index (χ2v) is 3.95. The molecule has 0 fully saturated rings. The van der Waals surface area contributed by atoms with Gasteiger partial charge < -0.3 is 0 Å². The molecular formula is C11H15BrZn. The summed E-state index contributed by atoms with van der Waals surface area (Å²) in [5, 5.41) is 0. The normalized spacial score (nSPS) is 10.3. The third-order valence-electron chi connectivity index (χ3n) is 1.82. The van der Waals surface area contributed by atoms with E-state index >= 15 is 0 Å². The van der Waals surface area contributed by atoms with Crippen LogP contribution in [0.4, 0.5) is 0 Å². The van der Waals surface area contributed by atoms with Gasteiger partial charge in [0.25, 0.3) is 0 Å². The molecule has 0 aromatic heterocycles. The maximum absolute atomic E-state index is 3.84. The average Bonchev–Trinajstić information content (AvgIpc) is 2.07. The van der Waals surface area contributed by atoms with Crippen LogP contribution in [0.3, 0.4) is 0 Å². The van der Waals surface area contributed by atoms with Crippen LogP contribution in [0.15, 0.2) is 24.3 Å². The Balaban J connectivity index is 0.000000671. The third-order valence-corrected chi connectivity index (χ3v) is 1.82. The van der Waals surface area contributed by atoms with Gasteiger partial charge in [0.05, 0.1) is 0 Å². The molecule has 0 radical (unpaired) electrons. The Kier molecular flexibility index (Phi) is 5.91. The van der Waals surface area contributed by atoms with E-state index in [2.05, 4.69) is 65.6 Å². The van der Waals surface area contributed by atoms with Crippen molar-refractivity contribution in [1.82, 2.24) is 0 Å². The van der Waals surface area contributed by atoms with Crippen LogP contribution in [-0.4, -0.2) is 0 Å². The van der Waals surface area contributed by atoms with Crippen molar-refractivity contribution < 1.29 is 16.3 Å². The van der Waals surface area contributed by atoms with E-state index in [1.54, 1.807) is 0 Å². The second kappa shape index (κ2) is 5.83. The van der Waals surface area contributed by atoms with Crippen LogP contribution < -0.4 is 0 Å². The quantitative estimate of drug-likeness (QED) is 0.501. The molecule has 0 atom stereocenters.